The Kier molecular flexibility index (Phi) is 4.32. The first kappa shape index (κ1) is 11.9. The summed E-state index contributed by atoms with van der Waals surface area (Å²) in [6.07, 6.45) is 2.11. The summed E-state index contributed by atoms with van der Waals surface area (Å²) in [6, 6.07) is 0. The second-order valence-electron chi connectivity index (χ2n) is 3.42. The van der Waals surface area contributed by atoms with Crippen molar-refractivity contribution in [3.05, 3.63) is 17.0 Å². The molecule has 80 valence electrons. The molecule has 1 aromatic heterocycles. The van der Waals surface area contributed by atoms with Gasteiger partial charge in [0.05, 0.1) is 17.6 Å². The van der Waals surface area contributed by atoms with Crippen LogP contribution in [0.4, 0.5) is 0 Å². The zero-order valence-corrected chi connectivity index (χ0v) is 10.7. The molecule has 0 amide bonds. The van der Waals surface area contributed by atoms with Crippen molar-refractivity contribution in [3.63, 3.8) is 0 Å². The number of thioether (sulfide) groups is 1. The van der Waals surface area contributed by atoms with Crippen LogP contribution in [0.5, 0.6) is 0 Å². The van der Waals surface area contributed by atoms with Gasteiger partial charge in [-0.05, 0) is 27.0 Å². The summed E-state index contributed by atoms with van der Waals surface area (Å²) < 4.78 is 2.06. The molecule has 0 fully saturated rings. The van der Waals surface area contributed by atoms with Gasteiger partial charge in [-0.3, -0.25) is 4.68 Å². The number of aromatic nitrogens is 2. The van der Waals surface area contributed by atoms with Crippen LogP contribution >= 0.6 is 23.4 Å². The number of halogens is 1. The third-order valence-electron chi connectivity index (χ3n) is 2.34. The van der Waals surface area contributed by atoms with Gasteiger partial charge < -0.3 is 0 Å². The molecule has 4 heteroatoms. The van der Waals surface area contributed by atoms with Gasteiger partial charge in [-0.1, -0.05) is 0 Å². The van der Waals surface area contributed by atoms with E-state index in [4.69, 9.17) is 11.6 Å². The third-order valence-corrected chi connectivity index (χ3v) is 3.15. The van der Waals surface area contributed by atoms with Crippen molar-refractivity contribution >= 4 is 23.4 Å². The normalized spacial score (nSPS) is 13.2. The fourth-order valence-electron chi connectivity index (χ4n) is 1.68. The van der Waals surface area contributed by atoms with Gasteiger partial charge >= 0.3 is 0 Å². The molecular formula is C10H17ClN2S. The summed E-state index contributed by atoms with van der Waals surface area (Å²) in [4.78, 5) is 0. The number of aryl methyl sites for hydroxylation is 2. The summed E-state index contributed by atoms with van der Waals surface area (Å²) in [6.45, 7) is 7.08. The van der Waals surface area contributed by atoms with Crippen LogP contribution in [0, 0.1) is 13.8 Å². The topological polar surface area (TPSA) is 17.8 Å². The average Bonchev–Trinajstić information content (AvgIpc) is 2.38. The summed E-state index contributed by atoms with van der Waals surface area (Å²) in [5.74, 6) is 1.10. The second-order valence-corrected chi connectivity index (χ2v) is 5.06. The fraction of sp³-hybridized carbons (Fsp3) is 0.700. The van der Waals surface area contributed by atoms with Crippen LogP contribution < -0.4 is 0 Å². The van der Waals surface area contributed by atoms with E-state index in [0.29, 0.717) is 0 Å². The number of alkyl halides is 1. The number of nitrogens with zero attached hydrogens (tertiary/aromatic N) is 2. The predicted octanol–water partition coefficient (Wildman–Crippen LogP) is 3.16. The minimum atomic E-state index is 0.0537. The fourth-order valence-corrected chi connectivity index (χ4v) is 2.35. The maximum Gasteiger partial charge on any atom is 0.0643 e. The molecular weight excluding hydrogens is 216 g/mol. The van der Waals surface area contributed by atoms with Crippen LogP contribution in [0.15, 0.2) is 0 Å². The molecule has 1 aromatic rings. The van der Waals surface area contributed by atoms with Gasteiger partial charge in [0.2, 0.25) is 0 Å². The first-order valence-corrected chi connectivity index (χ1v) is 6.57. The molecule has 1 heterocycles. The van der Waals surface area contributed by atoms with Gasteiger partial charge in [-0.15, -0.1) is 11.6 Å². The molecule has 0 bridgehead atoms. The molecule has 14 heavy (non-hydrogen) atoms. The lowest BCUT2D eigenvalue weighted by Gasteiger charge is -2.05. The first-order chi connectivity index (χ1) is 6.57. The second kappa shape index (κ2) is 5.08. The minimum absolute atomic E-state index is 0.0537. The Hall–Kier alpha value is -0.150. The lowest BCUT2D eigenvalue weighted by Crippen LogP contribution is -2.04. The quantitative estimate of drug-likeness (QED) is 0.743. The van der Waals surface area contributed by atoms with E-state index in [1.54, 1.807) is 0 Å². The van der Waals surface area contributed by atoms with E-state index >= 15 is 0 Å². The number of hydrogen-bond acceptors (Lipinski definition) is 2. The summed E-state index contributed by atoms with van der Waals surface area (Å²) in [5, 5.41) is 4.54. The van der Waals surface area contributed by atoms with E-state index in [-0.39, 0.29) is 5.38 Å². The highest BCUT2D eigenvalue weighted by Crippen LogP contribution is 2.26. The van der Waals surface area contributed by atoms with Crippen LogP contribution in [-0.2, 0) is 6.54 Å². The first-order valence-electron chi connectivity index (χ1n) is 4.74. The minimum Gasteiger partial charge on any atom is -0.268 e. The van der Waals surface area contributed by atoms with Crippen molar-refractivity contribution in [2.45, 2.75) is 32.7 Å². The van der Waals surface area contributed by atoms with E-state index in [1.807, 2.05) is 25.6 Å². The molecule has 0 radical (unpaired) electrons. The van der Waals surface area contributed by atoms with Crippen LogP contribution in [-0.4, -0.2) is 21.8 Å². The van der Waals surface area contributed by atoms with Crippen molar-refractivity contribution in [2.24, 2.45) is 0 Å². The molecule has 1 unspecified atom stereocenters. The molecule has 0 aliphatic carbocycles. The number of hydrogen-bond donors (Lipinski definition) is 0. The van der Waals surface area contributed by atoms with Crippen molar-refractivity contribution < 1.29 is 0 Å². The van der Waals surface area contributed by atoms with Crippen LogP contribution in [0.25, 0.3) is 0 Å². The zero-order valence-electron chi connectivity index (χ0n) is 9.17. The molecule has 1 rings (SSSR count). The average molecular weight is 233 g/mol. The van der Waals surface area contributed by atoms with E-state index in [9.17, 15) is 0 Å². The molecule has 1 atom stereocenters. The molecule has 0 aromatic carbocycles. The number of rotatable bonds is 4. The Balaban J connectivity index is 2.92. The molecule has 0 spiro atoms. The Morgan fingerprint density at radius 2 is 2.14 bits per heavy atom. The van der Waals surface area contributed by atoms with E-state index in [1.165, 1.54) is 11.3 Å². The van der Waals surface area contributed by atoms with E-state index < -0.39 is 0 Å². The van der Waals surface area contributed by atoms with E-state index in [0.717, 1.165) is 18.0 Å². The standard InChI is InChI=1S/C10H17ClN2S/c1-7(11)10-8(2)12-13(9(10)3)5-6-14-4/h7H,5-6H2,1-4H3. The maximum atomic E-state index is 6.10. The molecule has 2 nitrogen and oxygen atoms in total. The smallest absolute Gasteiger partial charge is 0.0643 e. The van der Waals surface area contributed by atoms with Gasteiger partial charge in [0, 0.05) is 17.0 Å². The van der Waals surface area contributed by atoms with Crippen LogP contribution in [0.3, 0.4) is 0 Å². The van der Waals surface area contributed by atoms with Crippen molar-refractivity contribution in [2.75, 3.05) is 12.0 Å². The van der Waals surface area contributed by atoms with Gasteiger partial charge in [0.15, 0.2) is 0 Å². The van der Waals surface area contributed by atoms with Crippen LogP contribution in [0.1, 0.15) is 29.3 Å². The highest BCUT2D eigenvalue weighted by molar-refractivity contribution is 7.98. The Morgan fingerprint density at radius 1 is 1.50 bits per heavy atom. The predicted molar refractivity (Wildman–Crippen MR) is 64.4 cm³/mol. The van der Waals surface area contributed by atoms with Crippen LogP contribution in [0.2, 0.25) is 0 Å². The highest BCUT2D eigenvalue weighted by atomic mass is 35.5. The Morgan fingerprint density at radius 3 is 2.57 bits per heavy atom. The summed E-state index contributed by atoms with van der Waals surface area (Å²) in [5.41, 5.74) is 3.46. The third kappa shape index (κ3) is 2.45. The lowest BCUT2D eigenvalue weighted by atomic mass is 10.1. The molecule has 0 saturated heterocycles. The highest BCUT2D eigenvalue weighted by Gasteiger charge is 2.14. The van der Waals surface area contributed by atoms with Crippen molar-refractivity contribution in [1.29, 1.82) is 0 Å². The zero-order chi connectivity index (χ0) is 10.7. The lowest BCUT2D eigenvalue weighted by molar-refractivity contribution is 0.639. The summed E-state index contributed by atoms with van der Waals surface area (Å²) in [7, 11) is 0. The molecule has 0 aliphatic heterocycles. The van der Waals surface area contributed by atoms with Crippen molar-refractivity contribution in [1.82, 2.24) is 9.78 Å². The van der Waals surface area contributed by atoms with E-state index in [2.05, 4.69) is 23.0 Å². The Bertz CT molecular complexity index is 307. The van der Waals surface area contributed by atoms with Gasteiger partial charge in [-0.25, -0.2) is 0 Å². The van der Waals surface area contributed by atoms with Crippen molar-refractivity contribution in [3.8, 4) is 0 Å². The molecule has 0 aliphatic rings. The summed E-state index contributed by atoms with van der Waals surface area (Å²) >= 11 is 7.94. The largest absolute Gasteiger partial charge is 0.268 e. The van der Waals surface area contributed by atoms with Gasteiger partial charge in [0.25, 0.3) is 0 Å². The monoisotopic (exact) mass is 232 g/mol. The molecule has 0 N–H and O–H groups in total. The van der Waals surface area contributed by atoms with Gasteiger partial charge in [-0.2, -0.15) is 16.9 Å². The maximum absolute atomic E-state index is 6.10. The SMILES string of the molecule is CSCCn1nc(C)c(C(C)Cl)c1C. The molecule has 0 saturated carbocycles. The Labute approximate surface area is 95.0 Å². The van der Waals surface area contributed by atoms with Gasteiger partial charge in [0.1, 0.15) is 0 Å².